The third-order valence-electron chi connectivity index (χ3n) is 5.18. The standard InChI is InChI=1S/C19H25N3O2/c1-14-3-2-4-17-18(14)20-13-21-19(17)22-8-5-16(6-9-22)24-12-15-7-10-23-11-15/h2-4,13,15-16H,5-12H2,1H3. The van der Waals surface area contributed by atoms with Gasteiger partial charge in [0.05, 0.1) is 24.8 Å². The molecule has 0 spiro atoms. The van der Waals surface area contributed by atoms with Crippen LogP contribution in [0.2, 0.25) is 0 Å². The minimum Gasteiger partial charge on any atom is -0.381 e. The largest absolute Gasteiger partial charge is 0.381 e. The van der Waals surface area contributed by atoms with Crippen molar-refractivity contribution in [2.75, 3.05) is 37.8 Å². The lowest BCUT2D eigenvalue weighted by Gasteiger charge is -2.33. The molecule has 5 heteroatoms. The molecule has 1 unspecified atom stereocenters. The van der Waals surface area contributed by atoms with Crippen molar-refractivity contribution in [3.05, 3.63) is 30.1 Å². The van der Waals surface area contributed by atoms with E-state index in [4.69, 9.17) is 9.47 Å². The maximum atomic E-state index is 6.12. The normalized spacial score (nSPS) is 22.4. The Morgan fingerprint density at radius 2 is 2.08 bits per heavy atom. The van der Waals surface area contributed by atoms with Crippen LogP contribution < -0.4 is 4.90 Å². The van der Waals surface area contributed by atoms with Crippen LogP contribution in [-0.2, 0) is 9.47 Å². The lowest BCUT2D eigenvalue weighted by Crippen LogP contribution is -2.38. The molecule has 2 aliphatic heterocycles. The maximum absolute atomic E-state index is 6.12. The zero-order valence-corrected chi connectivity index (χ0v) is 14.3. The van der Waals surface area contributed by atoms with Crippen LogP contribution >= 0.6 is 0 Å². The van der Waals surface area contributed by atoms with Gasteiger partial charge in [0, 0.05) is 31.0 Å². The number of ether oxygens (including phenoxy) is 2. The van der Waals surface area contributed by atoms with Gasteiger partial charge in [0.1, 0.15) is 12.1 Å². The highest BCUT2D eigenvalue weighted by Crippen LogP contribution is 2.28. The maximum Gasteiger partial charge on any atom is 0.139 e. The molecular weight excluding hydrogens is 302 g/mol. The van der Waals surface area contributed by atoms with Crippen molar-refractivity contribution in [1.82, 2.24) is 9.97 Å². The van der Waals surface area contributed by atoms with Gasteiger partial charge in [-0.3, -0.25) is 0 Å². The van der Waals surface area contributed by atoms with E-state index in [1.165, 1.54) is 5.56 Å². The number of aromatic nitrogens is 2. The van der Waals surface area contributed by atoms with Crippen LogP contribution in [-0.4, -0.2) is 49.0 Å². The van der Waals surface area contributed by atoms with Crippen LogP contribution in [0.5, 0.6) is 0 Å². The molecule has 0 saturated carbocycles. The number of piperidine rings is 1. The molecule has 5 nitrogen and oxygen atoms in total. The first-order chi connectivity index (χ1) is 11.8. The fraction of sp³-hybridized carbons (Fsp3) is 0.579. The minimum absolute atomic E-state index is 0.372. The van der Waals surface area contributed by atoms with Gasteiger partial charge >= 0.3 is 0 Å². The highest BCUT2D eigenvalue weighted by atomic mass is 16.5. The lowest BCUT2D eigenvalue weighted by molar-refractivity contribution is 0.0131. The summed E-state index contributed by atoms with van der Waals surface area (Å²) in [5, 5.41) is 1.15. The molecule has 2 fully saturated rings. The Morgan fingerprint density at radius 3 is 2.88 bits per heavy atom. The molecule has 2 aliphatic rings. The number of rotatable bonds is 4. The first-order valence-corrected chi connectivity index (χ1v) is 8.96. The van der Waals surface area contributed by atoms with Crippen LogP contribution in [0.25, 0.3) is 10.9 Å². The average molecular weight is 327 g/mol. The predicted molar refractivity (Wildman–Crippen MR) is 94.4 cm³/mol. The summed E-state index contributed by atoms with van der Waals surface area (Å²) in [5.41, 5.74) is 2.26. The highest BCUT2D eigenvalue weighted by molar-refractivity contribution is 5.91. The number of fused-ring (bicyclic) bond motifs is 1. The molecule has 1 aromatic carbocycles. The minimum atomic E-state index is 0.372. The van der Waals surface area contributed by atoms with E-state index in [0.717, 1.165) is 68.9 Å². The van der Waals surface area contributed by atoms with Crippen LogP contribution in [0, 0.1) is 12.8 Å². The highest BCUT2D eigenvalue weighted by Gasteiger charge is 2.24. The second kappa shape index (κ2) is 7.03. The Balaban J connectivity index is 1.40. The molecule has 1 aromatic heterocycles. The lowest BCUT2D eigenvalue weighted by atomic mass is 10.1. The average Bonchev–Trinajstić information content (AvgIpc) is 3.14. The molecule has 1 atom stereocenters. The quantitative estimate of drug-likeness (QED) is 0.864. The molecule has 128 valence electrons. The van der Waals surface area contributed by atoms with E-state index < -0.39 is 0 Å². The van der Waals surface area contributed by atoms with E-state index in [0.29, 0.717) is 12.0 Å². The number of hydrogen-bond donors (Lipinski definition) is 0. The Bertz CT molecular complexity index is 692. The summed E-state index contributed by atoms with van der Waals surface area (Å²) in [7, 11) is 0. The van der Waals surface area contributed by atoms with Crippen LogP contribution in [0.3, 0.4) is 0 Å². The summed E-state index contributed by atoms with van der Waals surface area (Å²) < 4.78 is 11.5. The number of nitrogens with zero attached hydrogens (tertiary/aromatic N) is 3. The fourth-order valence-corrected chi connectivity index (χ4v) is 3.69. The number of benzene rings is 1. The second-order valence-corrected chi connectivity index (χ2v) is 6.92. The number of para-hydroxylation sites is 1. The van der Waals surface area contributed by atoms with Gasteiger partial charge in [-0.2, -0.15) is 0 Å². The molecule has 2 saturated heterocycles. The van der Waals surface area contributed by atoms with Gasteiger partial charge in [0.2, 0.25) is 0 Å². The van der Waals surface area contributed by atoms with E-state index in [2.05, 4.69) is 40.0 Å². The van der Waals surface area contributed by atoms with Crippen LogP contribution in [0.15, 0.2) is 24.5 Å². The first kappa shape index (κ1) is 15.8. The zero-order chi connectivity index (χ0) is 16.4. The third-order valence-corrected chi connectivity index (χ3v) is 5.18. The molecule has 3 heterocycles. The Kier molecular flexibility index (Phi) is 4.63. The molecular formula is C19H25N3O2. The molecule has 0 N–H and O–H groups in total. The molecule has 0 radical (unpaired) electrons. The van der Waals surface area contributed by atoms with Crippen molar-refractivity contribution < 1.29 is 9.47 Å². The van der Waals surface area contributed by atoms with Crippen molar-refractivity contribution in [2.24, 2.45) is 5.92 Å². The van der Waals surface area contributed by atoms with Gasteiger partial charge in [0.25, 0.3) is 0 Å². The van der Waals surface area contributed by atoms with E-state index >= 15 is 0 Å². The van der Waals surface area contributed by atoms with E-state index in [1.54, 1.807) is 6.33 Å². The SMILES string of the molecule is Cc1cccc2c(N3CCC(OCC4CCOC4)CC3)ncnc12. The van der Waals surface area contributed by atoms with Gasteiger partial charge in [-0.15, -0.1) is 0 Å². The van der Waals surface area contributed by atoms with Gasteiger partial charge in [-0.1, -0.05) is 12.1 Å². The van der Waals surface area contributed by atoms with E-state index in [-0.39, 0.29) is 0 Å². The summed E-state index contributed by atoms with van der Waals surface area (Å²) in [4.78, 5) is 11.4. The first-order valence-electron chi connectivity index (χ1n) is 8.96. The summed E-state index contributed by atoms with van der Waals surface area (Å²) in [6.45, 7) is 6.70. The molecule has 4 rings (SSSR count). The molecule has 0 bridgehead atoms. The monoisotopic (exact) mass is 327 g/mol. The Hall–Kier alpha value is -1.72. The molecule has 0 aliphatic carbocycles. The van der Waals surface area contributed by atoms with Crippen LogP contribution in [0.4, 0.5) is 5.82 Å². The van der Waals surface area contributed by atoms with Crippen molar-refractivity contribution >= 4 is 16.7 Å². The van der Waals surface area contributed by atoms with E-state index in [1.807, 2.05) is 0 Å². The Morgan fingerprint density at radius 1 is 1.21 bits per heavy atom. The second-order valence-electron chi connectivity index (χ2n) is 6.92. The van der Waals surface area contributed by atoms with Gasteiger partial charge in [0.15, 0.2) is 0 Å². The summed E-state index contributed by atoms with van der Waals surface area (Å²) in [5.74, 6) is 1.66. The van der Waals surface area contributed by atoms with Crippen molar-refractivity contribution in [3.8, 4) is 0 Å². The zero-order valence-electron chi connectivity index (χ0n) is 14.3. The fourth-order valence-electron chi connectivity index (χ4n) is 3.69. The van der Waals surface area contributed by atoms with Crippen molar-refractivity contribution in [1.29, 1.82) is 0 Å². The third kappa shape index (κ3) is 3.23. The van der Waals surface area contributed by atoms with Gasteiger partial charge in [-0.05, 0) is 37.8 Å². The van der Waals surface area contributed by atoms with Gasteiger partial charge < -0.3 is 14.4 Å². The topological polar surface area (TPSA) is 47.5 Å². The summed E-state index contributed by atoms with van der Waals surface area (Å²) in [6, 6.07) is 6.32. The summed E-state index contributed by atoms with van der Waals surface area (Å²) in [6.07, 6.45) is 5.32. The van der Waals surface area contributed by atoms with Crippen LogP contribution in [0.1, 0.15) is 24.8 Å². The van der Waals surface area contributed by atoms with Crippen molar-refractivity contribution in [3.63, 3.8) is 0 Å². The molecule has 2 aromatic rings. The summed E-state index contributed by atoms with van der Waals surface area (Å²) >= 11 is 0. The predicted octanol–water partition coefficient (Wildman–Crippen LogP) is 2.96. The number of aryl methyl sites for hydroxylation is 1. The Labute approximate surface area is 143 Å². The van der Waals surface area contributed by atoms with Gasteiger partial charge in [-0.25, -0.2) is 9.97 Å². The van der Waals surface area contributed by atoms with E-state index in [9.17, 15) is 0 Å². The molecule has 24 heavy (non-hydrogen) atoms. The van der Waals surface area contributed by atoms with Crippen molar-refractivity contribution in [2.45, 2.75) is 32.3 Å². The number of anilines is 1. The molecule has 0 amide bonds. The smallest absolute Gasteiger partial charge is 0.139 e. The number of hydrogen-bond acceptors (Lipinski definition) is 5.